The molecule has 4 fully saturated rings. The number of carbonyl (C=O) groups excluding carboxylic acids is 3. The Morgan fingerprint density at radius 1 is 0.940 bits per heavy atom. The fraction of sp³-hybridized carbons (Fsp3) is 0.857. The Morgan fingerprint density at radius 3 is 2.20 bits per heavy atom. The molecule has 282 valence electrons. The number of allylic oxidation sites excluding steroid dienone is 2. The minimum atomic E-state index is -1.15. The van der Waals surface area contributed by atoms with Crippen molar-refractivity contribution in [3.8, 4) is 0 Å². The van der Waals surface area contributed by atoms with Crippen molar-refractivity contribution in [3.05, 3.63) is 11.1 Å². The molecule has 0 spiro atoms. The number of ketones is 1. The lowest BCUT2D eigenvalue weighted by Gasteiger charge is -2.69. The highest BCUT2D eigenvalue weighted by atomic mass is 16.5. The number of nitrogens with zero attached hydrogens (tertiary/aromatic N) is 1. The standard InChI is InChI=1S/C42H68N2O6/c1-25(2)35-29(45)22-42(20-21-44(26(3)4)24-33(46)43-11)19-14-28-27(36(35)42)12-13-31-40(28,9)17-15-30-39(7,8)32(16-18-41(30,31)10)50-34(47)23-38(5,6)37(48)49/h25-28,30-32H,12-24H2,1-11H3,(H,43,46)(H,48,49). The van der Waals surface area contributed by atoms with Gasteiger partial charge in [0.25, 0.3) is 0 Å². The second kappa shape index (κ2) is 13.6. The van der Waals surface area contributed by atoms with Crippen LogP contribution in [0.2, 0.25) is 0 Å². The molecule has 8 nitrogen and oxygen atoms in total. The van der Waals surface area contributed by atoms with Gasteiger partial charge < -0.3 is 15.2 Å². The molecule has 5 rings (SSSR count). The topological polar surface area (TPSA) is 113 Å². The lowest BCUT2D eigenvalue weighted by Crippen LogP contribution is -2.63. The fourth-order valence-electron chi connectivity index (χ4n) is 12.7. The van der Waals surface area contributed by atoms with Crippen LogP contribution < -0.4 is 5.32 Å². The van der Waals surface area contributed by atoms with E-state index in [-0.39, 0.29) is 52.1 Å². The van der Waals surface area contributed by atoms with Crippen LogP contribution in [0, 0.1) is 56.7 Å². The highest BCUT2D eigenvalue weighted by molar-refractivity contribution is 6.00. The first kappa shape index (κ1) is 39.0. The van der Waals surface area contributed by atoms with Gasteiger partial charge in [0.05, 0.1) is 18.4 Å². The molecular weight excluding hydrogens is 628 g/mol. The van der Waals surface area contributed by atoms with E-state index in [0.717, 1.165) is 69.9 Å². The number of ether oxygens (including phenoxy) is 1. The van der Waals surface area contributed by atoms with Crippen LogP contribution in [0.5, 0.6) is 0 Å². The third-order valence-electron chi connectivity index (χ3n) is 15.3. The van der Waals surface area contributed by atoms with Gasteiger partial charge in [0, 0.05) is 30.3 Å². The van der Waals surface area contributed by atoms with Crippen molar-refractivity contribution >= 4 is 23.6 Å². The van der Waals surface area contributed by atoms with Gasteiger partial charge >= 0.3 is 11.9 Å². The van der Waals surface area contributed by atoms with E-state index in [1.54, 1.807) is 20.9 Å². The van der Waals surface area contributed by atoms with Crippen LogP contribution in [-0.2, 0) is 23.9 Å². The zero-order valence-electron chi connectivity index (χ0n) is 33.2. The zero-order chi connectivity index (χ0) is 37.2. The van der Waals surface area contributed by atoms with Gasteiger partial charge in [0.15, 0.2) is 5.78 Å². The molecule has 50 heavy (non-hydrogen) atoms. The Bertz CT molecular complexity index is 1400. The molecule has 4 saturated carbocycles. The van der Waals surface area contributed by atoms with Crippen molar-refractivity contribution in [2.45, 2.75) is 152 Å². The number of carbonyl (C=O) groups is 4. The average molecular weight is 697 g/mol. The van der Waals surface area contributed by atoms with Crippen LogP contribution in [0.4, 0.5) is 0 Å². The first-order valence-electron chi connectivity index (χ1n) is 19.8. The summed E-state index contributed by atoms with van der Waals surface area (Å²) >= 11 is 0. The van der Waals surface area contributed by atoms with Gasteiger partial charge in [-0.15, -0.1) is 0 Å². The van der Waals surface area contributed by atoms with Crippen LogP contribution in [0.3, 0.4) is 0 Å². The molecule has 1 amide bonds. The minimum Gasteiger partial charge on any atom is -0.481 e. The Labute approximate surface area is 302 Å². The van der Waals surface area contributed by atoms with E-state index < -0.39 is 17.4 Å². The lowest BCUT2D eigenvalue weighted by molar-refractivity contribution is -0.214. The van der Waals surface area contributed by atoms with Gasteiger partial charge in [-0.3, -0.25) is 24.1 Å². The molecule has 2 N–H and O–H groups in total. The number of carboxylic acid groups (broad SMARTS) is 1. The highest BCUT2D eigenvalue weighted by Crippen LogP contribution is 2.73. The van der Waals surface area contributed by atoms with Crippen LogP contribution >= 0.6 is 0 Å². The van der Waals surface area contributed by atoms with Gasteiger partial charge in [0.2, 0.25) is 5.91 Å². The number of rotatable bonds is 11. The van der Waals surface area contributed by atoms with Gasteiger partial charge in [-0.2, -0.15) is 0 Å². The van der Waals surface area contributed by atoms with Crippen LogP contribution in [0.25, 0.3) is 0 Å². The number of amides is 1. The van der Waals surface area contributed by atoms with E-state index >= 15 is 0 Å². The molecule has 0 saturated heterocycles. The summed E-state index contributed by atoms with van der Waals surface area (Å²) < 4.78 is 6.15. The second-order valence-electron chi connectivity index (χ2n) is 19.5. The first-order valence-corrected chi connectivity index (χ1v) is 19.8. The Balaban J connectivity index is 1.40. The van der Waals surface area contributed by atoms with Crippen LogP contribution in [0.15, 0.2) is 11.1 Å². The number of fused-ring (bicyclic) bond motifs is 7. The summed E-state index contributed by atoms with van der Waals surface area (Å²) in [5, 5.41) is 12.4. The van der Waals surface area contributed by atoms with Crippen molar-refractivity contribution in [1.29, 1.82) is 0 Å². The number of hydrogen-bond acceptors (Lipinski definition) is 6. The van der Waals surface area contributed by atoms with E-state index in [1.807, 2.05) is 0 Å². The van der Waals surface area contributed by atoms with Crippen LogP contribution in [-0.4, -0.2) is 65.9 Å². The van der Waals surface area contributed by atoms with Crippen LogP contribution in [0.1, 0.15) is 140 Å². The lowest BCUT2D eigenvalue weighted by atomic mass is 9.36. The molecule has 0 aliphatic heterocycles. The number of likely N-dealkylation sites (N-methyl/N-ethyl adjacent to an activating group) is 1. The highest BCUT2D eigenvalue weighted by Gasteiger charge is 2.66. The molecule has 8 unspecified atom stereocenters. The molecule has 0 bridgehead atoms. The quantitative estimate of drug-likeness (QED) is 0.212. The number of aliphatic carboxylic acids is 1. The smallest absolute Gasteiger partial charge is 0.309 e. The number of Topliss-reactive ketones (excluding diaryl/α,β-unsaturated/α-hetero) is 1. The Hall–Kier alpha value is -2.22. The predicted octanol–water partition coefficient (Wildman–Crippen LogP) is 7.84. The van der Waals surface area contributed by atoms with E-state index in [0.29, 0.717) is 42.4 Å². The number of esters is 1. The summed E-state index contributed by atoms with van der Waals surface area (Å²) in [6.45, 7) is 22.8. The van der Waals surface area contributed by atoms with E-state index in [1.165, 1.54) is 5.57 Å². The van der Waals surface area contributed by atoms with Crippen molar-refractivity contribution < 1.29 is 29.0 Å². The summed E-state index contributed by atoms with van der Waals surface area (Å²) in [5.41, 5.74) is 1.46. The maximum atomic E-state index is 14.0. The van der Waals surface area contributed by atoms with Crippen molar-refractivity contribution in [2.75, 3.05) is 20.1 Å². The van der Waals surface area contributed by atoms with Gasteiger partial charge in [0.1, 0.15) is 6.10 Å². The zero-order valence-corrected chi connectivity index (χ0v) is 33.2. The van der Waals surface area contributed by atoms with Gasteiger partial charge in [-0.25, -0.2) is 0 Å². The van der Waals surface area contributed by atoms with Crippen molar-refractivity contribution in [3.63, 3.8) is 0 Å². The second-order valence-corrected chi connectivity index (χ2v) is 19.5. The molecule has 5 aliphatic rings. The predicted molar refractivity (Wildman–Crippen MR) is 196 cm³/mol. The first-order chi connectivity index (χ1) is 23.1. The number of nitrogens with one attached hydrogen (secondary N) is 1. The minimum absolute atomic E-state index is 0.0360. The molecule has 0 aromatic rings. The van der Waals surface area contributed by atoms with E-state index in [4.69, 9.17) is 4.74 Å². The van der Waals surface area contributed by atoms with E-state index in [9.17, 15) is 24.3 Å². The number of carboxylic acids is 1. The maximum Gasteiger partial charge on any atom is 0.309 e. The average Bonchev–Trinajstić information content (AvgIpc) is 3.32. The summed E-state index contributed by atoms with van der Waals surface area (Å²) in [6, 6.07) is 0.249. The molecule has 8 heteroatoms. The Morgan fingerprint density at radius 2 is 1.60 bits per heavy atom. The van der Waals surface area contributed by atoms with Crippen molar-refractivity contribution in [1.82, 2.24) is 10.2 Å². The summed E-state index contributed by atoms with van der Waals surface area (Å²) in [6.07, 6.45) is 9.77. The summed E-state index contributed by atoms with van der Waals surface area (Å²) in [5.74, 6) is 1.18. The fourth-order valence-corrected chi connectivity index (χ4v) is 12.7. The molecule has 8 atom stereocenters. The number of hydrogen-bond donors (Lipinski definition) is 2. The molecule has 5 aliphatic carbocycles. The third kappa shape index (κ3) is 6.51. The molecule has 0 heterocycles. The monoisotopic (exact) mass is 697 g/mol. The molecular formula is C42H68N2O6. The van der Waals surface area contributed by atoms with E-state index in [2.05, 4.69) is 65.6 Å². The largest absolute Gasteiger partial charge is 0.481 e. The SMILES string of the molecule is CNC(=O)CN(CCC12CCC3C(CCC4C3(C)CCC3C(C)(C)C(OC(=O)CC(C)(C)C(=O)O)CCC34C)C1=C(C(C)C)C(=O)C2)C(C)C. The van der Waals surface area contributed by atoms with Crippen molar-refractivity contribution in [2.24, 2.45) is 56.7 Å². The molecule has 0 aromatic heterocycles. The molecule has 0 aromatic carbocycles. The van der Waals surface area contributed by atoms with Gasteiger partial charge in [-0.1, -0.05) is 47.1 Å². The third-order valence-corrected chi connectivity index (χ3v) is 15.3. The molecule has 0 radical (unpaired) electrons. The maximum absolute atomic E-state index is 14.0. The normalized spacial score (nSPS) is 36.5. The Kier molecular flexibility index (Phi) is 10.6. The summed E-state index contributed by atoms with van der Waals surface area (Å²) in [7, 11) is 1.70. The van der Waals surface area contributed by atoms with Gasteiger partial charge in [-0.05, 0) is 138 Å². The summed E-state index contributed by atoms with van der Waals surface area (Å²) in [4.78, 5) is 53.4.